The largest absolute Gasteiger partial charge is 0.496 e. The minimum Gasteiger partial charge on any atom is -0.496 e. The number of ketones is 1. The molecule has 1 aliphatic carbocycles. The number of dihydropyridines is 1. The van der Waals surface area contributed by atoms with Crippen LogP contribution in [0.5, 0.6) is 5.75 Å². The van der Waals surface area contributed by atoms with Gasteiger partial charge in [0.2, 0.25) is 0 Å². The summed E-state index contributed by atoms with van der Waals surface area (Å²) in [6.45, 7) is 7.78. The monoisotopic (exact) mass is 486 g/mol. The first-order valence-electron chi connectivity index (χ1n) is 11.1. The number of likely N-dealkylation sites (tertiary alicyclic amines) is 1. The summed E-state index contributed by atoms with van der Waals surface area (Å²) in [5, 5.41) is 3.47. The number of benzene rings is 1. The molecule has 166 valence electrons. The van der Waals surface area contributed by atoms with Gasteiger partial charge in [-0.05, 0) is 71.6 Å². The van der Waals surface area contributed by atoms with Gasteiger partial charge in [0.25, 0.3) is 5.91 Å². The first kappa shape index (κ1) is 22.1. The highest BCUT2D eigenvalue weighted by atomic mass is 79.9. The molecule has 1 fully saturated rings. The molecular formula is C25H31BrN2O3. The number of piperidine rings is 1. The number of hydrogen-bond donors (Lipinski definition) is 1. The Labute approximate surface area is 193 Å². The Morgan fingerprint density at radius 3 is 2.55 bits per heavy atom. The summed E-state index contributed by atoms with van der Waals surface area (Å²) in [5.74, 6) is 0.544. The van der Waals surface area contributed by atoms with Gasteiger partial charge >= 0.3 is 0 Å². The van der Waals surface area contributed by atoms with Gasteiger partial charge in [-0.15, -0.1) is 0 Å². The first-order chi connectivity index (χ1) is 14.7. The standard InChI is InChI=1S/C25H31BrN2O3/c1-15-21(24(30)28-10-6-5-7-11-28)22(16-8-9-20(31-4)17(26)12-16)23-18(27-15)13-25(2,3)14-19(23)29/h8-9,12,22,27H,5-7,10-11,13-14H2,1-4H3. The molecule has 4 rings (SSSR count). The van der Waals surface area contributed by atoms with E-state index in [1.54, 1.807) is 7.11 Å². The third kappa shape index (κ3) is 4.19. The predicted molar refractivity (Wildman–Crippen MR) is 125 cm³/mol. The maximum atomic E-state index is 13.7. The molecule has 0 aromatic heterocycles. The van der Waals surface area contributed by atoms with E-state index in [4.69, 9.17) is 4.74 Å². The van der Waals surface area contributed by atoms with Crippen LogP contribution < -0.4 is 10.1 Å². The second-order valence-corrected chi connectivity index (χ2v) is 10.5. The van der Waals surface area contributed by atoms with Crippen LogP contribution in [0.15, 0.2) is 45.2 Å². The van der Waals surface area contributed by atoms with Gasteiger partial charge in [-0.1, -0.05) is 19.9 Å². The second kappa shape index (κ2) is 8.45. The van der Waals surface area contributed by atoms with Crippen molar-refractivity contribution in [2.45, 2.75) is 58.8 Å². The van der Waals surface area contributed by atoms with E-state index in [1.165, 1.54) is 0 Å². The number of carbonyl (C=O) groups is 2. The summed E-state index contributed by atoms with van der Waals surface area (Å²) in [6.07, 6.45) is 4.52. The third-order valence-corrected chi connectivity index (χ3v) is 7.24. The maximum Gasteiger partial charge on any atom is 0.252 e. The molecule has 1 aromatic carbocycles. The number of amides is 1. The number of nitrogens with one attached hydrogen (secondary N) is 1. The van der Waals surface area contributed by atoms with Crippen molar-refractivity contribution in [1.82, 2.24) is 10.2 Å². The van der Waals surface area contributed by atoms with Crippen LogP contribution in [0.2, 0.25) is 0 Å². The Kier molecular flexibility index (Phi) is 6.03. The van der Waals surface area contributed by atoms with E-state index in [2.05, 4.69) is 35.1 Å². The Morgan fingerprint density at radius 2 is 1.90 bits per heavy atom. The van der Waals surface area contributed by atoms with E-state index in [-0.39, 0.29) is 23.0 Å². The number of nitrogens with zero attached hydrogens (tertiary/aromatic N) is 1. The van der Waals surface area contributed by atoms with Gasteiger partial charge in [0.1, 0.15) is 5.75 Å². The zero-order chi connectivity index (χ0) is 22.3. The van der Waals surface area contributed by atoms with E-state index in [9.17, 15) is 9.59 Å². The molecule has 1 atom stereocenters. The van der Waals surface area contributed by atoms with Crippen LogP contribution in [-0.4, -0.2) is 36.8 Å². The topological polar surface area (TPSA) is 58.6 Å². The quantitative estimate of drug-likeness (QED) is 0.647. The normalized spacial score (nSPS) is 23.5. The van der Waals surface area contributed by atoms with Gasteiger partial charge in [-0.2, -0.15) is 0 Å². The Hall–Kier alpha value is -2.08. The lowest BCUT2D eigenvalue weighted by Gasteiger charge is -2.41. The SMILES string of the molecule is COc1ccc(C2C(C(=O)N3CCCCC3)=C(C)NC3=C2C(=O)CC(C)(C)C3)cc1Br. The summed E-state index contributed by atoms with van der Waals surface area (Å²) >= 11 is 3.59. The van der Waals surface area contributed by atoms with Crippen LogP contribution in [0.25, 0.3) is 0 Å². The Morgan fingerprint density at radius 1 is 1.19 bits per heavy atom. The summed E-state index contributed by atoms with van der Waals surface area (Å²) in [6, 6.07) is 5.87. The highest BCUT2D eigenvalue weighted by molar-refractivity contribution is 9.10. The number of carbonyl (C=O) groups excluding carboxylic acids is 2. The number of halogens is 1. The van der Waals surface area contributed by atoms with Crippen molar-refractivity contribution in [3.05, 3.63) is 50.8 Å². The van der Waals surface area contributed by atoms with E-state index < -0.39 is 0 Å². The number of allylic oxidation sites excluding steroid dienone is 3. The summed E-state index contributed by atoms with van der Waals surface area (Å²) in [7, 11) is 1.63. The molecule has 6 heteroatoms. The number of methoxy groups -OCH3 is 1. The second-order valence-electron chi connectivity index (χ2n) is 9.68. The van der Waals surface area contributed by atoms with Crippen molar-refractivity contribution in [2.24, 2.45) is 5.41 Å². The molecular weight excluding hydrogens is 456 g/mol. The number of hydrogen-bond acceptors (Lipinski definition) is 4. The van der Waals surface area contributed by atoms with Crippen LogP contribution in [0.4, 0.5) is 0 Å². The molecule has 1 N–H and O–H groups in total. The summed E-state index contributed by atoms with van der Waals surface area (Å²) in [4.78, 5) is 29.1. The van der Waals surface area contributed by atoms with Crippen molar-refractivity contribution in [3.8, 4) is 5.75 Å². The number of Topliss-reactive ketones (excluding diaryl/α,β-unsaturated/α-hetero) is 1. The van der Waals surface area contributed by atoms with E-state index in [0.717, 1.165) is 71.5 Å². The number of ether oxygens (including phenoxy) is 1. The fraction of sp³-hybridized carbons (Fsp3) is 0.520. The van der Waals surface area contributed by atoms with Crippen molar-refractivity contribution in [3.63, 3.8) is 0 Å². The van der Waals surface area contributed by atoms with Crippen LogP contribution >= 0.6 is 15.9 Å². The van der Waals surface area contributed by atoms with Crippen LogP contribution in [-0.2, 0) is 9.59 Å². The Balaban J connectivity index is 1.84. The minimum atomic E-state index is -0.364. The van der Waals surface area contributed by atoms with Crippen LogP contribution in [0.1, 0.15) is 64.4 Å². The molecule has 0 bridgehead atoms. The lowest BCUT2D eigenvalue weighted by molar-refractivity contribution is -0.128. The average Bonchev–Trinajstić information content (AvgIpc) is 2.72. The van der Waals surface area contributed by atoms with Crippen molar-refractivity contribution in [1.29, 1.82) is 0 Å². The molecule has 3 aliphatic rings. The van der Waals surface area contributed by atoms with Crippen molar-refractivity contribution in [2.75, 3.05) is 20.2 Å². The lowest BCUT2D eigenvalue weighted by Crippen LogP contribution is -2.43. The maximum absolute atomic E-state index is 13.7. The fourth-order valence-corrected chi connectivity index (χ4v) is 5.74. The molecule has 1 saturated heterocycles. The molecule has 1 unspecified atom stereocenters. The zero-order valence-electron chi connectivity index (χ0n) is 18.8. The van der Waals surface area contributed by atoms with Crippen LogP contribution in [0, 0.1) is 5.41 Å². The van der Waals surface area contributed by atoms with Crippen molar-refractivity contribution < 1.29 is 14.3 Å². The zero-order valence-corrected chi connectivity index (χ0v) is 20.4. The van der Waals surface area contributed by atoms with E-state index in [0.29, 0.717) is 12.0 Å². The first-order valence-corrected chi connectivity index (χ1v) is 11.9. The molecule has 31 heavy (non-hydrogen) atoms. The van der Waals surface area contributed by atoms with E-state index in [1.807, 2.05) is 30.0 Å². The molecule has 1 amide bonds. The van der Waals surface area contributed by atoms with Crippen LogP contribution in [0.3, 0.4) is 0 Å². The van der Waals surface area contributed by atoms with Gasteiger partial charge in [0, 0.05) is 48.0 Å². The van der Waals surface area contributed by atoms with Gasteiger partial charge < -0.3 is 15.0 Å². The minimum absolute atomic E-state index is 0.0471. The molecule has 0 spiro atoms. The van der Waals surface area contributed by atoms with Gasteiger partial charge in [-0.25, -0.2) is 0 Å². The highest BCUT2D eigenvalue weighted by Gasteiger charge is 2.43. The van der Waals surface area contributed by atoms with Gasteiger partial charge in [0.15, 0.2) is 5.78 Å². The molecule has 0 radical (unpaired) electrons. The molecule has 5 nitrogen and oxygen atoms in total. The fourth-order valence-electron chi connectivity index (χ4n) is 5.18. The molecule has 1 aromatic rings. The van der Waals surface area contributed by atoms with E-state index >= 15 is 0 Å². The van der Waals surface area contributed by atoms with Gasteiger partial charge in [-0.3, -0.25) is 9.59 Å². The average molecular weight is 487 g/mol. The predicted octanol–water partition coefficient (Wildman–Crippen LogP) is 5.07. The lowest BCUT2D eigenvalue weighted by atomic mass is 9.68. The smallest absolute Gasteiger partial charge is 0.252 e. The van der Waals surface area contributed by atoms with Gasteiger partial charge in [0.05, 0.1) is 11.6 Å². The highest BCUT2D eigenvalue weighted by Crippen LogP contribution is 2.47. The summed E-state index contributed by atoms with van der Waals surface area (Å²) < 4.78 is 6.23. The van der Waals surface area contributed by atoms with Crippen molar-refractivity contribution >= 4 is 27.6 Å². The Bertz CT molecular complexity index is 986. The molecule has 2 aliphatic heterocycles. The third-order valence-electron chi connectivity index (χ3n) is 6.62. The summed E-state index contributed by atoms with van der Waals surface area (Å²) in [5.41, 5.74) is 4.12. The molecule has 2 heterocycles. The number of rotatable bonds is 3. The molecule has 0 saturated carbocycles.